The summed E-state index contributed by atoms with van der Waals surface area (Å²) < 4.78 is 20.1. The lowest BCUT2D eigenvalue weighted by Gasteiger charge is -2.10. The predicted molar refractivity (Wildman–Crippen MR) is 87.2 cm³/mol. The lowest BCUT2D eigenvalue weighted by Crippen LogP contribution is -2.34. The summed E-state index contributed by atoms with van der Waals surface area (Å²) >= 11 is 7.77. The first-order chi connectivity index (χ1) is 10.5. The molecule has 0 heterocycles. The maximum Gasteiger partial charge on any atom is 0.323 e. The zero-order chi connectivity index (χ0) is 16.8. The summed E-state index contributed by atoms with van der Waals surface area (Å²) in [5.74, 6) is -0.541. The third kappa shape index (κ3) is 11.1. The number of rotatable bonds is 13. The number of carbonyl (C=O) groups is 2. The Labute approximate surface area is 141 Å². The zero-order valence-corrected chi connectivity index (χ0v) is 14.1. The molecule has 0 aliphatic rings. The molecule has 0 fully saturated rings. The molecule has 0 saturated heterocycles. The average molecular weight is 356 g/mol. The van der Waals surface area contributed by atoms with Crippen molar-refractivity contribution in [3.05, 3.63) is 0 Å². The second kappa shape index (κ2) is 14.1. The highest BCUT2D eigenvalue weighted by molar-refractivity contribution is 7.80. The third-order valence-corrected chi connectivity index (χ3v) is 3.10. The van der Waals surface area contributed by atoms with E-state index in [1.807, 2.05) is 0 Å². The van der Waals surface area contributed by atoms with Crippen molar-refractivity contribution >= 4 is 37.2 Å². The highest BCUT2D eigenvalue weighted by Gasteiger charge is 2.12. The van der Waals surface area contributed by atoms with E-state index in [1.54, 1.807) is 0 Å². The molecule has 0 aliphatic carbocycles. The van der Waals surface area contributed by atoms with Gasteiger partial charge in [-0.1, -0.05) is 0 Å². The number of carbonyl (C=O) groups excluding carboxylic acids is 2. The molecule has 0 aromatic rings. The van der Waals surface area contributed by atoms with Gasteiger partial charge in [-0.05, 0) is 0 Å². The van der Waals surface area contributed by atoms with E-state index >= 15 is 0 Å². The van der Waals surface area contributed by atoms with Crippen molar-refractivity contribution in [2.75, 3.05) is 51.1 Å². The molecule has 0 rings (SSSR count). The summed E-state index contributed by atoms with van der Waals surface area (Å²) in [6, 6.07) is -1.44. The Morgan fingerprint density at radius 1 is 0.727 bits per heavy atom. The van der Waals surface area contributed by atoms with Gasteiger partial charge in [0.1, 0.15) is 25.3 Å². The maximum atomic E-state index is 11.2. The Balaban J connectivity index is 3.31. The van der Waals surface area contributed by atoms with Crippen LogP contribution in [0.5, 0.6) is 0 Å². The summed E-state index contributed by atoms with van der Waals surface area (Å²) in [5.41, 5.74) is 10.8. The van der Waals surface area contributed by atoms with E-state index in [2.05, 4.69) is 25.3 Å². The molecular weight excluding hydrogens is 332 g/mol. The van der Waals surface area contributed by atoms with E-state index in [1.165, 1.54) is 0 Å². The van der Waals surface area contributed by atoms with Crippen LogP contribution in [-0.4, -0.2) is 75.2 Å². The lowest BCUT2D eigenvalue weighted by molar-refractivity contribution is -0.147. The smallest absolute Gasteiger partial charge is 0.323 e. The van der Waals surface area contributed by atoms with Crippen LogP contribution in [0.25, 0.3) is 0 Å². The number of ether oxygens (including phenoxy) is 4. The average Bonchev–Trinajstić information content (AvgIpc) is 2.54. The van der Waals surface area contributed by atoms with E-state index in [-0.39, 0.29) is 37.9 Å². The molecule has 0 amide bonds. The molecule has 0 aromatic heterocycles. The van der Waals surface area contributed by atoms with Gasteiger partial charge in [-0.25, -0.2) is 0 Å². The summed E-state index contributed by atoms with van der Waals surface area (Å²) in [6.45, 7) is 1.42. The summed E-state index contributed by atoms with van der Waals surface area (Å²) in [7, 11) is 0. The van der Waals surface area contributed by atoms with Gasteiger partial charge < -0.3 is 30.4 Å². The van der Waals surface area contributed by atoms with Crippen LogP contribution >= 0.6 is 25.3 Å². The zero-order valence-electron chi connectivity index (χ0n) is 12.3. The molecule has 130 valence electrons. The van der Waals surface area contributed by atoms with Gasteiger partial charge in [-0.2, -0.15) is 25.3 Å². The fourth-order valence-electron chi connectivity index (χ4n) is 1.09. The van der Waals surface area contributed by atoms with E-state index in [0.717, 1.165) is 0 Å². The van der Waals surface area contributed by atoms with Crippen molar-refractivity contribution in [1.29, 1.82) is 0 Å². The van der Waals surface area contributed by atoms with Gasteiger partial charge in [0.25, 0.3) is 0 Å². The van der Waals surface area contributed by atoms with Crippen LogP contribution in [0.3, 0.4) is 0 Å². The standard InChI is InChI=1S/C12H24N2O6S2/c13-9(7-21)11(15)19-5-3-17-1-2-18-4-6-20-12(16)10(14)8-22/h9-10,21-22H,1-8,13-14H2/t9-,10-/m0/s1. The Kier molecular flexibility index (Phi) is 13.8. The van der Waals surface area contributed by atoms with Crippen LogP contribution in [-0.2, 0) is 28.5 Å². The molecule has 0 aromatic carbocycles. The Morgan fingerprint density at radius 2 is 1.05 bits per heavy atom. The second-order valence-electron chi connectivity index (χ2n) is 4.14. The first-order valence-electron chi connectivity index (χ1n) is 6.74. The fraction of sp³-hybridized carbons (Fsp3) is 0.833. The Bertz CT molecular complexity index is 292. The number of hydrogen-bond donors (Lipinski definition) is 4. The number of hydrogen-bond acceptors (Lipinski definition) is 10. The van der Waals surface area contributed by atoms with Crippen LogP contribution in [0.4, 0.5) is 0 Å². The van der Waals surface area contributed by atoms with Crippen molar-refractivity contribution in [2.45, 2.75) is 12.1 Å². The monoisotopic (exact) mass is 356 g/mol. The van der Waals surface area contributed by atoms with Crippen molar-refractivity contribution in [1.82, 2.24) is 0 Å². The van der Waals surface area contributed by atoms with Crippen molar-refractivity contribution in [3.63, 3.8) is 0 Å². The number of esters is 2. The quantitative estimate of drug-likeness (QED) is 0.181. The van der Waals surface area contributed by atoms with Gasteiger partial charge in [-0.15, -0.1) is 0 Å². The first-order valence-corrected chi connectivity index (χ1v) is 8.01. The predicted octanol–water partition coefficient (Wildman–Crippen LogP) is -1.38. The normalized spacial score (nSPS) is 13.5. The summed E-state index contributed by atoms with van der Waals surface area (Å²) in [6.07, 6.45) is 0. The van der Waals surface area contributed by atoms with Crippen molar-refractivity contribution < 1.29 is 28.5 Å². The minimum atomic E-state index is -0.718. The Morgan fingerprint density at radius 3 is 1.36 bits per heavy atom. The number of thiol groups is 2. The molecule has 0 unspecified atom stereocenters. The molecule has 0 saturated carbocycles. The molecule has 8 nitrogen and oxygen atoms in total. The molecule has 0 spiro atoms. The summed E-state index contributed by atoms with van der Waals surface area (Å²) in [5, 5.41) is 0. The van der Waals surface area contributed by atoms with Gasteiger partial charge in [0.15, 0.2) is 0 Å². The number of nitrogens with two attached hydrogens (primary N) is 2. The SMILES string of the molecule is N[C@@H](CS)C(=O)OCCOCCOCCOC(=O)[C@@H](N)CS. The topological polar surface area (TPSA) is 123 Å². The van der Waals surface area contributed by atoms with Crippen LogP contribution < -0.4 is 11.5 Å². The molecule has 2 atom stereocenters. The summed E-state index contributed by atoms with van der Waals surface area (Å²) in [4.78, 5) is 22.3. The molecule has 0 bridgehead atoms. The fourth-order valence-corrected chi connectivity index (χ4v) is 1.39. The van der Waals surface area contributed by atoms with Crippen LogP contribution in [0, 0.1) is 0 Å². The van der Waals surface area contributed by atoms with E-state index in [0.29, 0.717) is 13.2 Å². The van der Waals surface area contributed by atoms with E-state index in [4.69, 9.17) is 30.4 Å². The molecule has 4 N–H and O–H groups in total. The molecule has 0 aliphatic heterocycles. The Hall–Kier alpha value is -0.520. The minimum absolute atomic E-state index is 0.125. The van der Waals surface area contributed by atoms with Gasteiger partial charge in [-0.3, -0.25) is 9.59 Å². The molecule has 0 radical (unpaired) electrons. The molecule has 10 heteroatoms. The molecular formula is C12H24N2O6S2. The van der Waals surface area contributed by atoms with Crippen LogP contribution in [0.15, 0.2) is 0 Å². The van der Waals surface area contributed by atoms with Crippen molar-refractivity contribution in [3.8, 4) is 0 Å². The largest absolute Gasteiger partial charge is 0.462 e. The van der Waals surface area contributed by atoms with Crippen molar-refractivity contribution in [2.24, 2.45) is 11.5 Å². The van der Waals surface area contributed by atoms with Crippen LogP contribution in [0.1, 0.15) is 0 Å². The van der Waals surface area contributed by atoms with Gasteiger partial charge in [0.2, 0.25) is 0 Å². The third-order valence-electron chi connectivity index (χ3n) is 2.31. The van der Waals surface area contributed by atoms with E-state index in [9.17, 15) is 9.59 Å². The highest BCUT2D eigenvalue weighted by Crippen LogP contribution is 1.90. The van der Waals surface area contributed by atoms with Gasteiger partial charge >= 0.3 is 11.9 Å². The highest BCUT2D eigenvalue weighted by atomic mass is 32.1. The maximum absolute atomic E-state index is 11.2. The van der Waals surface area contributed by atoms with E-state index < -0.39 is 24.0 Å². The molecule has 22 heavy (non-hydrogen) atoms. The second-order valence-corrected chi connectivity index (χ2v) is 4.87. The van der Waals surface area contributed by atoms with Crippen LogP contribution in [0.2, 0.25) is 0 Å². The first kappa shape index (κ1) is 21.5. The minimum Gasteiger partial charge on any atom is -0.462 e. The van der Waals surface area contributed by atoms with Gasteiger partial charge in [0, 0.05) is 11.5 Å². The van der Waals surface area contributed by atoms with Gasteiger partial charge in [0.05, 0.1) is 26.4 Å². The lowest BCUT2D eigenvalue weighted by atomic mass is 10.4.